The third kappa shape index (κ3) is 10.8. The number of nitrogens with one attached hydrogen (secondary N) is 2. The van der Waals surface area contributed by atoms with Crippen molar-refractivity contribution >= 4 is 75.0 Å². The summed E-state index contributed by atoms with van der Waals surface area (Å²) in [6.45, 7) is 8.20. The number of allylic oxidation sites excluding steroid dienone is 4. The molecular formula is C44H51N15O8. The van der Waals surface area contributed by atoms with Crippen LogP contribution in [0.25, 0.3) is 22.1 Å². The average Bonchev–Trinajstić information content (AvgIpc) is 4.05. The van der Waals surface area contributed by atoms with Gasteiger partial charge in [-0.25, -0.2) is 14.8 Å². The number of aryl methyl sites for hydroxylation is 2. The van der Waals surface area contributed by atoms with Crippen LogP contribution in [0.3, 0.4) is 0 Å². The van der Waals surface area contributed by atoms with Crippen LogP contribution in [0.2, 0.25) is 0 Å². The number of hydrogen-bond acceptors (Lipinski definition) is 15. The number of rotatable bonds is 20. The number of hydrogen-bond donors (Lipinski definition) is 6. The van der Waals surface area contributed by atoms with Crippen molar-refractivity contribution in [1.29, 1.82) is 0 Å². The molecule has 0 aliphatic heterocycles. The standard InChI is InChI=1S/C44H51N15O8/c1-7-49-31(17-24(3)45)40(62)52-43-50-29-19-26(38(47)60)21-33(65-5)36(29)57(43)14-9-10-15-58-37-30(51-44(58)53-41(63)32-18-25(4)54-59(32)8-2)20-27(39(48)61)22-34(37)67-16-12-11-13-56-23-28(46)35(55-56)42(64)66-6/h9-12,17-23H,7-8,13-16,45-46H2,1-6H3,(H2,47,60)(H2,48,61)(H,50,52,62)(H,51,53,63)/b10-9+,12-11+,24-17-,49-31?. The molecule has 6 rings (SSSR count). The van der Waals surface area contributed by atoms with E-state index in [1.54, 1.807) is 65.0 Å². The second-order valence-corrected chi connectivity index (χ2v) is 14.8. The van der Waals surface area contributed by atoms with Crippen LogP contribution in [0.4, 0.5) is 17.6 Å². The minimum atomic E-state index is -0.738. The van der Waals surface area contributed by atoms with E-state index in [0.717, 1.165) is 0 Å². The van der Waals surface area contributed by atoms with Gasteiger partial charge in [-0.1, -0.05) is 18.2 Å². The van der Waals surface area contributed by atoms with E-state index in [-0.39, 0.29) is 83.4 Å². The highest BCUT2D eigenvalue weighted by Crippen LogP contribution is 2.33. The van der Waals surface area contributed by atoms with Crippen LogP contribution in [0, 0.1) is 6.92 Å². The maximum atomic E-state index is 13.8. The monoisotopic (exact) mass is 917 g/mol. The van der Waals surface area contributed by atoms with Crippen molar-refractivity contribution in [2.24, 2.45) is 22.2 Å². The zero-order valence-corrected chi connectivity index (χ0v) is 37.7. The van der Waals surface area contributed by atoms with Crippen molar-refractivity contribution in [3.63, 3.8) is 0 Å². The lowest BCUT2D eigenvalue weighted by Crippen LogP contribution is -2.24. The number of primary amides is 2. The maximum Gasteiger partial charge on any atom is 0.360 e. The zero-order valence-electron chi connectivity index (χ0n) is 37.7. The Morgan fingerprint density at radius 1 is 0.791 bits per heavy atom. The van der Waals surface area contributed by atoms with Crippen LogP contribution in [0.15, 0.2) is 77.6 Å². The van der Waals surface area contributed by atoms with E-state index in [1.807, 2.05) is 6.92 Å². The fourth-order valence-electron chi connectivity index (χ4n) is 6.96. The fraction of sp³-hybridized carbons (Fsp3) is 0.273. The highest BCUT2D eigenvalue weighted by atomic mass is 16.5. The van der Waals surface area contributed by atoms with E-state index >= 15 is 0 Å². The summed E-state index contributed by atoms with van der Waals surface area (Å²) in [5.74, 6) is -2.49. The number of fused-ring (bicyclic) bond motifs is 2. The quantitative estimate of drug-likeness (QED) is 0.0364. The van der Waals surface area contributed by atoms with Crippen molar-refractivity contribution in [3.8, 4) is 11.5 Å². The molecule has 23 nitrogen and oxygen atoms in total. The number of carbonyl (C=O) groups excluding carboxylic acids is 5. The van der Waals surface area contributed by atoms with Crippen LogP contribution >= 0.6 is 0 Å². The molecule has 0 unspecified atom stereocenters. The molecule has 10 N–H and O–H groups in total. The fourth-order valence-corrected chi connectivity index (χ4v) is 6.96. The van der Waals surface area contributed by atoms with Crippen molar-refractivity contribution in [3.05, 3.63) is 101 Å². The number of anilines is 3. The molecule has 0 aliphatic rings. The molecule has 0 aliphatic carbocycles. The molecule has 2 aromatic carbocycles. The molecule has 0 spiro atoms. The molecule has 0 bridgehead atoms. The first-order chi connectivity index (χ1) is 32.1. The van der Waals surface area contributed by atoms with Crippen LogP contribution in [0.1, 0.15) is 68.2 Å². The number of benzene rings is 2. The van der Waals surface area contributed by atoms with E-state index in [4.69, 9.17) is 42.1 Å². The number of nitrogen functional groups attached to an aromatic ring is 1. The van der Waals surface area contributed by atoms with Gasteiger partial charge >= 0.3 is 5.97 Å². The molecule has 350 valence electrons. The number of aliphatic imine (C=N–C) groups is 1. The Kier molecular flexibility index (Phi) is 14.8. The van der Waals surface area contributed by atoms with Crippen LogP contribution in [-0.2, 0) is 35.7 Å². The second kappa shape index (κ2) is 20.8. The summed E-state index contributed by atoms with van der Waals surface area (Å²) in [6.07, 6.45) is 9.95. The largest absolute Gasteiger partial charge is 0.494 e. The number of methoxy groups -OCH3 is 2. The van der Waals surface area contributed by atoms with E-state index in [1.165, 1.54) is 55.4 Å². The number of nitrogens with zero attached hydrogens (tertiary/aromatic N) is 9. The topological polar surface area (TPSA) is 325 Å². The summed E-state index contributed by atoms with van der Waals surface area (Å²) in [6, 6.07) is 7.60. The predicted octanol–water partition coefficient (Wildman–Crippen LogP) is 3.09. The first kappa shape index (κ1) is 47.7. The summed E-state index contributed by atoms with van der Waals surface area (Å²) >= 11 is 0. The Labute approximate surface area is 383 Å². The Morgan fingerprint density at radius 3 is 1.96 bits per heavy atom. The number of nitrogens with two attached hydrogens (primary N) is 4. The second-order valence-electron chi connectivity index (χ2n) is 14.8. The van der Waals surface area contributed by atoms with Gasteiger partial charge in [-0.3, -0.25) is 44.2 Å². The number of carbonyl (C=O) groups is 5. The third-order valence-electron chi connectivity index (χ3n) is 9.92. The number of ether oxygens (including phenoxy) is 3. The van der Waals surface area contributed by atoms with Gasteiger partial charge in [0.1, 0.15) is 40.5 Å². The summed E-state index contributed by atoms with van der Waals surface area (Å²) < 4.78 is 23.0. The van der Waals surface area contributed by atoms with Gasteiger partial charge in [0.15, 0.2) is 5.69 Å². The molecule has 4 heterocycles. The summed E-state index contributed by atoms with van der Waals surface area (Å²) in [5, 5.41) is 14.3. The number of aromatic nitrogens is 8. The zero-order chi connectivity index (χ0) is 48.5. The molecule has 67 heavy (non-hydrogen) atoms. The average molecular weight is 918 g/mol. The Bertz CT molecular complexity index is 3020. The molecule has 6 aromatic rings. The maximum absolute atomic E-state index is 13.8. The first-order valence-corrected chi connectivity index (χ1v) is 20.8. The lowest BCUT2D eigenvalue weighted by molar-refractivity contribution is -0.110. The lowest BCUT2D eigenvalue weighted by Gasteiger charge is -2.13. The Hall–Kier alpha value is -8.76. The van der Waals surface area contributed by atoms with E-state index in [9.17, 15) is 24.0 Å². The van der Waals surface area contributed by atoms with Crippen molar-refractivity contribution in [1.82, 2.24) is 38.7 Å². The van der Waals surface area contributed by atoms with Gasteiger partial charge < -0.3 is 46.3 Å². The van der Waals surface area contributed by atoms with E-state index < -0.39 is 29.6 Å². The summed E-state index contributed by atoms with van der Waals surface area (Å²) in [4.78, 5) is 77.9. The van der Waals surface area contributed by atoms with Gasteiger partial charge in [-0.2, -0.15) is 10.2 Å². The molecule has 0 atom stereocenters. The molecule has 4 aromatic heterocycles. The lowest BCUT2D eigenvalue weighted by atomic mass is 10.1. The minimum Gasteiger partial charge on any atom is -0.494 e. The van der Waals surface area contributed by atoms with Gasteiger partial charge in [-0.05, 0) is 70.2 Å². The minimum absolute atomic E-state index is 0.00240. The van der Waals surface area contributed by atoms with Crippen molar-refractivity contribution in [2.45, 2.75) is 53.9 Å². The van der Waals surface area contributed by atoms with Gasteiger partial charge in [0.2, 0.25) is 23.7 Å². The van der Waals surface area contributed by atoms with Gasteiger partial charge in [-0.15, -0.1) is 0 Å². The van der Waals surface area contributed by atoms with Crippen molar-refractivity contribution in [2.75, 3.05) is 43.7 Å². The number of esters is 1. The first-order valence-electron chi connectivity index (χ1n) is 20.8. The highest BCUT2D eigenvalue weighted by Gasteiger charge is 2.23. The van der Waals surface area contributed by atoms with Gasteiger partial charge in [0, 0.05) is 49.2 Å². The number of amides is 4. The molecule has 0 fully saturated rings. The molecular weight excluding hydrogens is 867 g/mol. The molecule has 4 amide bonds. The summed E-state index contributed by atoms with van der Waals surface area (Å²) in [5.41, 5.74) is 26.4. The SMILES string of the molecule is CCN=C(/C=C(/C)N)C(=O)Nc1nc2cc(C(N)=O)cc(OC)c2n1C/C=C/Cn1c(NC(=O)c2cc(C)nn2CC)nc2cc(C(N)=O)cc(OC/C=C/Cn3cc(N)c(C(=O)OC)n3)c21. The smallest absolute Gasteiger partial charge is 0.360 e. The van der Waals surface area contributed by atoms with Gasteiger partial charge in [0.25, 0.3) is 11.8 Å². The van der Waals surface area contributed by atoms with Crippen LogP contribution in [-0.4, -0.2) is 101 Å². The predicted molar refractivity (Wildman–Crippen MR) is 250 cm³/mol. The molecule has 0 saturated heterocycles. The normalized spacial score (nSPS) is 12.1. The highest BCUT2D eigenvalue weighted by molar-refractivity contribution is 6.47. The third-order valence-corrected chi connectivity index (χ3v) is 9.92. The molecule has 0 radical (unpaired) electrons. The van der Waals surface area contributed by atoms with E-state index in [2.05, 4.69) is 30.8 Å². The Balaban J connectivity index is 1.39. The number of imidazole rings is 2. The van der Waals surface area contributed by atoms with Gasteiger partial charge in [0.05, 0.1) is 43.2 Å². The van der Waals surface area contributed by atoms with Crippen molar-refractivity contribution < 1.29 is 38.2 Å². The molecule has 0 saturated carbocycles. The van der Waals surface area contributed by atoms with Crippen LogP contribution < -0.4 is 43.0 Å². The molecule has 23 heteroatoms. The summed E-state index contributed by atoms with van der Waals surface area (Å²) in [7, 11) is 2.66. The van der Waals surface area contributed by atoms with E-state index in [0.29, 0.717) is 46.7 Å². The van der Waals surface area contributed by atoms with Crippen LogP contribution in [0.5, 0.6) is 11.5 Å². The Morgan fingerprint density at radius 2 is 1.39 bits per heavy atom.